The third kappa shape index (κ3) is 5.42. The molecule has 0 unspecified atom stereocenters. The third-order valence-corrected chi connectivity index (χ3v) is 5.84. The molecule has 1 aromatic carbocycles. The number of rotatable bonds is 8. The minimum Gasteiger partial charge on any atom is -0.479 e. The van der Waals surface area contributed by atoms with Crippen LogP contribution in [0.2, 0.25) is 0 Å². The van der Waals surface area contributed by atoms with E-state index in [1.54, 1.807) is 13.4 Å². The van der Waals surface area contributed by atoms with Gasteiger partial charge in [-0.15, -0.1) is 0 Å². The van der Waals surface area contributed by atoms with Crippen LogP contribution in [-0.4, -0.2) is 64.2 Å². The van der Waals surface area contributed by atoms with E-state index in [-0.39, 0.29) is 0 Å². The molecule has 31 heavy (non-hydrogen) atoms. The van der Waals surface area contributed by atoms with Crippen molar-refractivity contribution < 1.29 is 4.74 Å². The predicted octanol–water partition coefficient (Wildman–Crippen LogP) is 3.33. The quantitative estimate of drug-likeness (QED) is 0.603. The highest BCUT2D eigenvalue weighted by Gasteiger charge is 2.15. The molecule has 0 atom stereocenters. The molecule has 0 bridgehead atoms. The van der Waals surface area contributed by atoms with Gasteiger partial charge in [0.1, 0.15) is 11.5 Å². The number of benzene rings is 1. The minimum atomic E-state index is 0.570. The SMILES string of the molecule is CCN1CCN(Cc2ccc(CNc3ccc(-n4cnc(C)c4)c(OC)n3)cc2)CC1. The number of likely N-dealkylation sites (N-methyl/N-ethyl adjacent to an activating group) is 1. The summed E-state index contributed by atoms with van der Waals surface area (Å²) in [6.07, 6.45) is 3.73. The van der Waals surface area contributed by atoms with Gasteiger partial charge in [-0.2, -0.15) is 4.98 Å². The van der Waals surface area contributed by atoms with Crippen molar-refractivity contribution in [3.05, 3.63) is 65.7 Å². The summed E-state index contributed by atoms with van der Waals surface area (Å²) in [5.74, 6) is 1.36. The fourth-order valence-electron chi connectivity index (χ4n) is 3.91. The molecule has 1 aliphatic rings. The number of hydrogen-bond acceptors (Lipinski definition) is 6. The van der Waals surface area contributed by atoms with E-state index in [1.165, 1.54) is 24.2 Å². The first-order valence-corrected chi connectivity index (χ1v) is 11.0. The maximum Gasteiger partial charge on any atom is 0.240 e. The maximum atomic E-state index is 5.50. The number of anilines is 1. The van der Waals surface area contributed by atoms with Crippen LogP contribution in [-0.2, 0) is 13.1 Å². The van der Waals surface area contributed by atoms with Gasteiger partial charge in [0.2, 0.25) is 5.88 Å². The predicted molar refractivity (Wildman–Crippen MR) is 124 cm³/mol. The zero-order valence-electron chi connectivity index (χ0n) is 18.7. The zero-order chi connectivity index (χ0) is 21.6. The van der Waals surface area contributed by atoms with E-state index in [9.17, 15) is 0 Å². The second kappa shape index (κ2) is 9.94. The number of ether oxygens (including phenoxy) is 1. The van der Waals surface area contributed by atoms with Crippen LogP contribution in [0.1, 0.15) is 23.7 Å². The van der Waals surface area contributed by atoms with Crippen LogP contribution in [0, 0.1) is 6.92 Å². The number of nitrogens with one attached hydrogen (secondary N) is 1. The summed E-state index contributed by atoms with van der Waals surface area (Å²) in [6.45, 7) is 11.8. The summed E-state index contributed by atoms with van der Waals surface area (Å²) in [4.78, 5) is 13.9. The van der Waals surface area contributed by atoms with Gasteiger partial charge in [0.05, 0.1) is 19.1 Å². The number of aromatic nitrogens is 3. The van der Waals surface area contributed by atoms with Crippen molar-refractivity contribution >= 4 is 5.82 Å². The van der Waals surface area contributed by atoms with E-state index in [4.69, 9.17) is 4.74 Å². The van der Waals surface area contributed by atoms with E-state index in [2.05, 4.69) is 56.3 Å². The first-order chi connectivity index (χ1) is 15.1. The molecular formula is C24H32N6O. The highest BCUT2D eigenvalue weighted by atomic mass is 16.5. The Bertz CT molecular complexity index is 976. The number of methoxy groups -OCH3 is 1. The van der Waals surface area contributed by atoms with Crippen molar-refractivity contribution in [3.8, 4) is 11.6 Å². The van der Waals surface area contributed by atoms with Crippen molar-refractivity contribution in [1.29, 1.82) is 0 Å². The fourth-order valence-corrected chi connectivity index (χ4v) is 3.91. The van der Waals surface area contributed by atoms with Gasteiger partial charge in [0.15, 0.2) is 0 Å². The summed E-state index contributed by atoms with van der Waals surface area (Å²) in [6, 6.07) is 12.8. The van der Waals surface area contributed by atoms with Gasteiger partial charge in [0.25, 0.3) is 0 Å². The normalized spacial score (nSPS) is 15.2. The van der Waals surface area contributed by atoms with Gasteiger partial charge >= 0.3 is 0 Å². The molecule has 1 aliphatic heterocycles. The highest BCUT2D eigenvalue weighted by molar-refractivity contribution is 5.50. The lowest BCUT2D eigenvalue weighted by molar-refractivity contribution is 0.132. The third-order valence-electron chi connectivity index (χ3n) is 5.84. The number of imidazole rings is 1. The zero-order valence-corrected chi connectivity index (χ0v) is 18.7. The first-order valence-electron chi connectivity index (χ1n) is 11.0. The molecular weight excluding hydrogens is 388 g/mol. The van der Waals surface area contributed by atoms with Gasteiger partial charge in [0, 0.05) is 45.5 Å². The minimum absolute atomic E-state index is 0.570. The largest absolute Gasteiger partial charge is 0.479 e. The Morgan fingerprint density at radius 2 is 1.68 bits per heavy atom. The van der Waals surface area contributed by atoms with E-state index in [0.29, 0.717) is 5.88 Å². The van der Waals surface area contributed by atoms with Gasteiger partial charge in [-0.05, 0) is 36.7 Å². The monoisotopic (exact) mass is 420 g/mol. The molecule has 3 heterocycles. The molecule has 0 aliphatic carbocycles. The standard InChI is InChI=1S/C24H32N6O/c1-4-28-11-13-29(14-12-28)17-21-7-5-20(6-8-21)15-25-23-10-9-22(24(27-23)31-3)30-16-19(2)26-18-30/h5-10,16,18H,4,11-15,17H2,1-3H3,(H,25,27). The Morgan fingerprint density at radius 1 is 0.968 bits per heavy atom. The second-order valence-corrected chi connectivity index (χ2v) is 8.03. The van der Waals surface area contributed by atoms with Gasteiger partial charge in [-0.1, -0.05) is 31.2 Å². The van der Waals surface area contributed by atoms with Crippen molar-refractivity contribution in [3.63, 3.8) is 0 Å². The second-order valence-electron chi connectivity index (χ2n) is 8.03. The van der Waals surface area contributed by atoms with Crippen molar-refractivity contribution in [2.75, 3.05) is 45.2 Å². The fraction of sp³-hybridized carbons (Fsp3) is 0.417. The Morgan fingerprint density at radius 3 is 2.32 bits per heavy atom. The first kappa shape index (κ1) is 21.3. The molecule has 1 fully saturated rings. The molecule has 7 nitrogen and oxygen atoms in total. The van der Waals surface area contributed by atoms with E-state index < -0.39 is 0 Å². The van der Waals surface area contributed by atoms with E-state index in [1.807, 2.05) is 29.8 Å². The van der Waals surface area contributed by atoms with Crippen molar-refractivity contribution in [2.45, 2.75) is 26.9 Å². The van der Waals surface area contributed by atoms with Crippen LogP contribution in [0.3, 0.4) is 0 Å². The number of aryl methyl sites for hydroxylation is 1. The van der Waals surface area contributed by atoms with Crippen molar-refractivity contribution in [2.24, 2.45) is 0 Å². The number of piperazine rings is 1. The van der Waals surface area contributed by atoms with Crippen LogP contribution in [0.4, 0.5) is 5.82 Å². The molecule has 0 radical (unpaired) electrons. The van der Waals surface area contributed by atoms with Crippen LogP contribution in [0.5, 0.6) is 5.88 Å². The van der Waals surface area contributed by atoms with Crippen LogP contribution >= 0.6 is 0 Å². The topological polar surface area (TPSA) is 58.5 Å². The van der Waals surface area contributed by atoms with Gasteiger partial charge < -0.3 is 19.5 Å². The molecule has 0 amide bonds. The van der Waals surface area contributed by atoms with E-state index >= 15 is 0 Å². The Balaban J connectivity index is 1.33. The average Bonchev–Trinajstić information content (AvgIpc) is 3.25. The van der Waals surface area contributed by atoms with Crippen LogP contribution in [0.15, 0.2) is 48.9 Å². The highest BCUT2D eigenvalue weighted by Crippen LogP contribution is 2.23. The molecule has 0 saturated carbocycles. The molecule has 7 heteroatoms. The summed E-state index contributed by atoms with van der Waals surface area (Å²) in [5.41, 5.74) is 4.43. The molecule has 1 saturated heterocycles. The molecule has 164 valence electrons. The molecule has 4 rings (SSSR count). The van der Waals surface area contributed by atoms with Crippen LogP contribution < -0.4 is 10.1 Å². The number of nitrogens with zero attached hydrogens (tertiary/aromatic N) is 5. The molecule has 1 N–H and O–H groups in total. The van der Waals surface area contributed by atoms with Crippen LogP contribution in [0.25, 0.3) is 5.69 Å². The summed E-state index contributed by atoms with van der Waals surface area (Å²) in [7, 11) is 1.64. The van der Waals surface area contributed by atoms with E-state index in [0.717, 1.165) is 49.9 Å². The molecule has 3 aromatic rings. The average molecular weight is 421 g/mol. The lowest BCUT2D eigenvalue weighted by Gasteiger charge is -2.34. The molecule has 0 spiro atoms. The lowest BCUT2D eigenvalue weighted by atomic mass is 10.1. The Kier molecular flexibility index (Phi) is 6.84. The van der Waals surface area contributed by atoms with Gasteiger partial charge in [-0.25, -0.2) is 4.98 Å². The number of pyridine rings is 1. The summed E-state index contributed by atoms with van der Waals surface area (Å²) in [5, 5.41) is 3.40. The van der Waals surface area contributed by atoms with Crippen molar-refractivity contribution in [1.82, 2.24) is 24.3 Å². The number of hydrogen-bond donors (Lipinski definition) is 1. The molecule has 2 aromatic heterocycles. The summed E-state index contributed by atoms with van der Waals surface area (Å²) < 4.78 is 7.42. The Labute approximate surface area is 184 Å². The van der Waals surface area contributed by atoms with Gasteiger partial charge in [-0.3, -0.25) is 4.90 Å². The lowest BCUT2D eigenvalue weighted by Crippen LogP contribution is -2.45. The summed E-state index contributed by atoms with van der Waals surface area (Å²) >= 11 is 0. The smallest absolute Gasteiger partial charge is 0.240 e. The maximum absolute atomic E-state index is 5.50. The Hall–Kier alpha value is -2.90.